The van der Waals surface area contributed by atoms with Gasteiger partial charge in [-0.25, -0.2) is 25.6 Å². The summed E-state index contributed by atoms with van der Waals surface area (Å²) < 4.78 is 79.4. The lowest BCUT2D eigenvalue weighted by Crippen LogP contribution is -2.37. The minimum atomic E-state index is -4.01. The van der Waals surface area contributed by atoms with Gasteiger partial charge in [-0.05, 0) is 61.0 Å². The molecule has 1 amide bonds. The lowest BCUT2D eigenvalue weighted by Gasteiger charge is -2.22. The number of carbonyl (C=O) groups is 1. The smallest absolute Gasteiger partial charge is 0.261 e. The number of carbonyl (C=O) groups excluding carboxylic acids is 1. The first-order valence-electron chi connectivity index (χ1n) is 9.88. The first-order chi connectivity index (χ1) is 16.3. The zero-order chi connectivity index (χ0) is 26.0. The summed E-state index contributed by atoms with van der Waals surface area (Å²) >= 11 is 6.02. The number of halogens is 3. The van der Waals surface area contributed by atoms with Crippen molar-refractivity contribution in [3.8, 4) is 0 Å². The minimum absolute atomic E-state index is 0.0885. The van der Waals surface area contributed by atoms with Gasteiger partial charge in [0.1, 0.15) is 6.54 Å². The summed E-state index contributed by atoms with van der Waals surface area (Å²) in [6, 6.07) is 12.4. The molecule has 0 bridgehead atoms. The van der Waals surface area contributed by atoms with Crippen molar-refractivity contribution in [3.05, 3.63) is 82.9 Å². The Morgan fingerprint density at radius 1 is 0.971 bits per heavy atom. The van der Waals surface area contributed by atoms with Crippen LogP contribution in [0.15, 0.2) is 65.6 Å². The third-order valence-electron chi connectivity index (χ3n) is 4.84. The third-order valence-corrected chi connectivity index (χ3v) is 7.77. The lowest BCUT2D eigenvalue weighted by atomic mass is 10.2. The van der Waals surface area contributed by atoms with E-state index in [0.717, 1.165) is 18.4 Å². The molecule has 0 radical (unpaired) electrons. The summed E-state index contributed by atoms with van der Waals surface area (Å²) in [6.07, 6.45) is 0.815. The summed E-state index contributed by atoms with van der Waals surface area (Å²) in [6.45, 7) is 0.943. The largest absolute Gasteiger partial charge is 0.325 e. The number of hydrogen-bond acceptors (Lipinski definition) is 5. The Bertz CT molecular complexity index is 1480. The summed E-state index contributed by atoms with van der Waals surface area (Å²) in [5.41, 5.74) is 0.822. The maximum Gasteiger partial charge on any atom is 0.261 e. The fraction of sp³-hybridized carbons (Fsp3) is 0.136. The number of sulfonamides is 2. The molecule has 0 aliphatic carbocycles. The van der Waals surface area contributed by atoms with E-state index >= 15 is 0 Å². The van der Waals surface area contributed by atoms with Gasteiger partial charge in [0.05, 0.1) is 22.5 Å². The normalized spacial score (nSPS) is 11.7. The summed E-state index contributed by atoms with van der Waals surface area (Å²) in [4.78, 5) is 12.4. The van der Waals surface area contributed by atoms with Crippen molar-refractivity contribution in [1.29, 1.82) is 0 Å². The van der Waals surface area contributed by atoms with Crippen LogP contribution < -0.4 is 14.3 Å². The average molecular weight is 544 g/mol. The molecule has 0 aliphatic rings. The lowest BCUT2D eigenvalue weighted by molar-refractivity contribution is -0.114. The van der Waals surface area contributed by atoms with Crippen molar-refractivity contribution in [3.63, 3.8) is 0 Å². The zero-order valence-corrected chi connectivity index (χ0v) is 20.8. The predicted octanol–water partition coefficient (Wildman–Crippen LogP) is 4.13. The van der Waals surface area contributed by atoms with E-state index < -0.39 is 44.1 Å². The average Bonchev–Trinajstić information content (AvgIpc) is 2.77. The van der Waals surface area contributed by atoms with Crippen molar-refractivity contribution >= 4 is 54.6 Å². The molecule has 2 N–H and O–H groups in total. The molecule has 186 valence electrons. The second-order valence-electron chi connectivity index (χ2n) is 7.46. The van der Waals surface area contributed by atoms with Gasteiger partial charge >= 0.3 is 0 Å². The minimum Gasteiger partial charge on any atom is -0.325 e. The Morgan fingerprint density at radius 3 is 2.23 bits per heavy atom. The Morgan fingerprint density at radius 2 is 1.63 bits per heavy atom. The third kappa shape index (κ3) is 6.47. The molecule has 0 saturated heterocycles. The topological polar surface area (TPSA) is 113 Å². The summed E-state index contributed by atoms with van der Waals surface area (Å²) in [5, 5.41) is 2.84. The van der Waals surface area contributed by atoms with E-state index in [2.05, 4.69) is 10.0 Å². The van der Waals surface area contributed by atoms with Gasteiger partial charge in [-0.1, -0.05) is 17.7 Å². The Kier molecular flexibility index (Phi) is 7.68. The highest BCUT2D eigenvalue weighted by Crippen LogP contribution is 2.26. The first-order valence-corrected chi connectivity index (χ1v) is 13.6. The molecule has 0 saturated carbocycles. The molecule has 35 heavy (non-hydrogen) atoms. The molecule has 3 aromatic carbocycles. The highest BCUT2D eigenvalue weighted by Gasteiger charge is 2.22. The van der Waals surface area contributed by atoms with E-state index in [9.17, 15) is 30.4 Å². The van der Waals surface area contributed by atoms with Crippen molar-refractivity contribution in [1.82, 2.24) is 0 Å². The van der Waals surface area contributed by atoms with Crippen LogP contribution in [-0.2, 0) is 24.8 Å². The van der Waals surface area contributed by atoms with Crippen LogP contribution in [0.2, 0.25) is 5.02 Å². The molecule has 0 unspecified atom stereocenters. The molecular formula is C22H20ClF2N3O5S2. The van der Waals surface area contributed by atoms with Crippen LogP contribution in [0.25, 0.3) is 0 Å². The SMILES string of the molecule is Cc1c(Cl)cccc1NS(=O)(=O)c1ccc(NC(=O)CN(c2ccc(F)c(F)c2)S(C)(=O)=O)cc1. The second kappa shape index (κ2) is 10.2. The molecule has 0 aliphatic heterocycles. The van der Waals surface area contributed by atoms with Gasteiger partial charge in [-0.15, -0.1) is 0 Å². The molecule has 8 nitrogen and oxygen atoms in total. The maximum atomic E-state index is 13.6. The number of nitrogens with one attached hydrogen (secondary N) is 2. The van der Waals surface area contributed by atoms with Crippen molar-refractivity contribution < 1.29 is 30.4 Å². The van der Waals surface area contributed by atoms with Crippen molar-refractivity contribution in [2.24, 2.45) is 0 Å². The molecular weight excluding hydrogens is 524 g/mol. The van der Waals surface area contributed by atoms with Crippen LogP contribution in [-0.4, -0.2) is 35.5 Å². The fourth-order valence-corrected chi connectivity index (χ4v) is 5.16. The Hall–Kier alpha value is -3.22. The highest BCUT2D eigenvalue weighted by atomic mass is 35.5. The number of anilines is 3. The molecule has 0 spiro atoms. The van der Waals surface area contributed by atoms with Gasteiger partial charge in [-0.3, -0.25) is 13.8 Å². The molecule has 0 atom stereocenters. The summed E-state index contributed by atoms with van der Waals surface area (Å²) in [5.74, 6) is -3.22. The van der Waals surface area contributed by atoms with Gasteiger partial charge < -0.3 is 5.32 Å². The molecule has 3 rings (SSSR count). The van der Waals surface area contributed by atoms with Gasteiger partial charge in [0, 0.05) is 16.8 Å². The van der Waals surface area contributed by atoms with Crippen LogP contribution in [0.3, 0.4) is 0 Å². The maximum absolute atomic E-state index is 13.6. The highest BCUT2D eigenvalue weighted by molar-refractivity contribution is 7.92. The van der Waals surface area contributed by atoms with Crippen LogP contribution in [0.4, 0.5) is 25.8 Å². The van der Waals surface area contributed by atoms with Crippen LogP contribution in [0.1, 0.15) is 5.56 Å². The monoisotopic (exact) mass is 543 g/mol. The van der Waals surface area contributed by atoms with E-state index in [-0.39, 0.29) is 16.3 Å². The van der Waals surface area contributed by atoms with Gasteiger partial charge in [0.15, 0.2) is 11.6 Å². The van der Waals surface area contributed by atoms with E-state index in [1.807, 2.05) is 0 Å². The van der Waals surface area contributed by atoms with Crippen molar-refractivity contribution in [2.45, 2.75) is 11.8 Å². The molecule has 13 heteroatoms. The Labute approximate surface area is 206 Å². The summed E-state index contributed by atoms with van der Waals surface area (Å²) in [7, 11) is -7.97. The van der Waals surface area contributed by atoms with Crippen LogP contribution in [0, 0.1) is 18.6 Å². The van der Waals surface area contributed by atoms with Gasteiger partial charge in [0.25, 0.3) is 10.0 Å². The quantitative estimate of drug-likeness (QED) is 0.443. The molecule has 0 aromatic heterocycles. The number of nitrogens with zero attached hydrogens (tertiary/aromatic N) is 1. The van der Waals surface area contributed by atoms with Crippen molar-refractivity contribution in [2.75, 3.05) is 27.1 Å². The van der Waals surface area contributed by atoms with E-state index in [0.29, 0.717) is 26.6 Å². The van der Waals surface area contributed by atoms with Gasteiger partial charge in [0.2, 0.25) is 15.9 Å². The first kappa shape index (κ1) is 26.4. The van der Waals surface area contributed by atoms with Crippen LogP contribution >= 0.6 is 11.6 Å². The standard InChI is InChI=1S/C22H20ClF2N3O5S2/c1-14-18(23)4-3-5-21(14)27-35(32,33)17-9-6-15(7-10-17)26-22(29)13-28(34(2,30)31)16-8-11-19(24)20(25)12-16/h3-12,27H,13H2,1-2H3,(H,26,29). The molecule has 0 fully saturated rings. The number of rotatable bonds is 8. The molecule has 0 heterocycles. The number of amides is 1. The zero-order valence-electron chi connectivity index (χ0n) is 18.4. The predicted molar refractivity (Wildman–Crippen MR) is 131 cm³/mol. The Balaban J connectivity index is 1.74. The fourth-order valence-electron chi connectivity index (χ4n) is 3.01. The van der Waals surface area contributed by atoms with E-state index in [1.54, 1.807) is 25.1 Å². The second-order valence-corrected chi connectivity index (χ2v) is 11.5. The molecule has 3 aromatic rings. The van der Waals surface area contributed by atoms with Gasteiger partial charge in [-0.2, -0.15) is 0 Å². The van der Waals surface area contributed by atoms with Crippen LogP contribution in [0.5, 0.6) is 0 Å². The van der Waals surface area contributed by atoms with E-state index in [4.69, 9.17) is 11.6 Å². The van der Waals surface area contributed by atoms with E-state index in [1.165, 1.54) is 24.3 Å². The number of benzene rings is 3. The number of hydrogen-bond donors (Lipinski definition) is 2.